The first-order valence-corrected chi connectivity index (χ1v) is 10.3. The van der Waals surface area contributed by atoms with Gasteiger partial charge in [-0.2, -0.15) is 0 Å². The van der Waals surface area contributed by atoms with Crippen molar-refractivity contribution in [2.45, 2.75) is 12.8 Å². The highest BCUT2D eigenvalue weighted by Gasteiger charge is 2.11. The number of aromatic nitrogens is 1. The van der Waals surface area contributed by atoms with Crippen LogP contribution in [-0.4, -0.2) is 24.0 Å². The number of nitrogens with zero attached hydrogens (tertiary/aromatic N) is 1. The van der Waals surface area contributed by atoms with Crippen molar-refractivity contribution in [2.24, 2.45) is 0 Å². The quantitative estimate of drug-likeness (QED) is 0.456. The van der Waals surface area contributed by atoms with Gasteiger partial charge in [0.25, 0.3) is 0 Å². The van der Waals surface area contributed by atoms with Gasteiger partial charge in [-0.05, 0) is 41.0 Å². The molecule has 0 fully saturated rings. The van der Waals surface area contributed by atoms with Gasteiger partial charge in [-0.25, -0.2) is 4.98 Å². The number of esters is 1. The first kappa shape index (κ1) is 19.8. The van der Waals surface area contributed by atoms with Crippen LogP contribution in [0.5, 0.6) is 0 Å². The summed E-state index contributed by atoms with van der Waals surface area (Å²) in [6.07, 6.45) is 0.422. The van der Waals surface area contributed by atoms with Crippen molar-refractivity contribution in [3.63, 3.8) is 0 Å². The van der Waals surface area contributed by atoms with Crippen molar-refractivity contribution in [1.29, 1.82) is 0 Å². The molecule has 0 unspecified atom stereocenters. The number of methoxy groups -OCH3 is 1. The Morgan fingerprint density at radius 3 is 2.43 bits per heavy atom. The largest absolute Gasteiger partial charge is 0.469 e. The number of carbonyl (C=O) groups excluding carboxylic acids is 2. The van der Waals surface area contributed by atoms with E-state index >= 15 is 0 Å². The molecule has 0 atom stereocenters. The van der Waals surface area contributed by atoms with Crippen molar-refractivity contribution < 1.29 is 14.3 Å². The lowest BCUT2D eigenvalue weighted by molar-refractivity contribution is -0.139. The summed E-state index contributed by atoms with van der Waals surface area (Å²) in [5.74, 6) is -0.420. The lowest BCUT2D eigenvalue weighted by atomic mass is 10.1. The van der Waals surface area contributed by atoms with Crippen LogP contribution in [0.4, 0.5) is 5.69 Å². The number of amides is 1. The fourth-order valence-corrected chi connectivity index (χ4v) is 4.15. The van der Waals surface area contributed by atoms with Gasteiger partial charge in [0, 0.05) is 5.69 Å². The smallest absolute Gasteiger partial charge is 0.309 e. The minimum atomic E-state index is -0.293. The lowest BCUT2D eigenvalue weighted by Crippen LogP contribution is -2.14. The SMILES string of the molecule is COC(=O)Cc1ccc(NC(=O)Cc2nc3ccc(-c4ccccc4)cc3s2)cc1. The zero-order valence-corrected chi connectivity index (χ0v) is 17.2. The number of benzene rings is 3. The molecular weight excluding hydrogens is 396 g/mol. The monoisotopic (exact) mass is 416 g/mol. The van der Waals surface area contributed by atoms with E-state index in [0.717, 1.165) is 31.9 Å². The molecule has 5 nitrogen and oxygen atoms in total. The summed E-state index contributed by atoms with van der Waals surface area (Å²) in [6.45, 7) is 0. The van der Waals surface area contributed by atoms with Gasteiger partial charge in [0.05, 0.1) is 30.2 Å². The van der Waals surface area contributed by atoms with E-state index in [0.29, 0.717) is 5.69 Å². The maximum Gasteiger partial charge on any atom is 0.309 e. The standard InChI is InChI=1S/C24H20N2O3S/c1-29-24(28)13-16-7-10-19(11-8-16)25-22(27)15-23-26-20-12-9-18(14-21(20)30-23)17-5-3-2-4-6-17/h2-12,14H,13,15H2,1H3,(H,25,27). The minimum Gasteiger partial charge on any atom is -0.469 e. The van der Waals surface area contributed by atoms with Gasteiger partial charge in [-0.15, -0.1) is 11.3 Å². The van der Waals surface area contributed by atoms with Gasteiger partial charge < -0.3 is 10.1 Å². The minimum absolute atomic E-state index is 0.127. The van der Waals surface area contributed by atoms with E-state index in [4.69, 9.17) is 0 Å². The number of fused-ring (bicyclic) bond motifs is 1. The molecule has 0 aliphatic carbocycles. The second-order valence-electron chi connectivity index (χ2n) is 6.83. The molecule has 0 aliphatic heterocycles. The zero-order valence-electron chi connectivity index (χ0n) is 16.4. The summed E-state index contributed by atoms with van der Waals surface area (Å²) in [7, 11) is 1.36. The average Bonchev–Trinajstić information content (AvgIpc) is 3.16. The first-order chi connectivity index (χ1) is 14.6. The van der Waals surface area contributed by atoms with Crippen molar-refractivity contribution in [1.82, 2.24) is 4.98 Å². The van der Waals surface area contributed by atoms with E-state index < -0.39 is 0 Å². The summed E-state index contributed by atoms with van der Waals surface area (Å²) >= 11 is 1.53. The molecule has 6 heteroatoms. The fraction of sp³-hybridized carbons (Fsp3) is 0.125. The van der Waals surface area contributed by atoms with Crippen molar-refractivity contribution >= 4 is 39.1 Å². The molecule has 3 aromatic carbocycles. The molecule has 0 spiro atoms. The number of hydrogen-bond donors (Lipinski definition) is 1. The average molecular weight is 417 g/mol. The predicted octanol–water partition coefficient (Wildman–Crippen LogP) is 4.86. The second kappa shape index (κ2) is 8.88. The number of anilines is 1. The van der Waals surface area contributed by atoms with Gasteiger partial charge in [-0.3, -0.25) is 9.59 Å². The zero-order chi connectivity index (χ0) is 20.9. The molecule has 150 valence electrons. The van der Waals surface area contributed by atoms with Crippen LogP contribution in [0, 0.1) is 0 Å². The number of ether oxygens (including phenoxy) is 1. The molecular formula is C24H20N2O3S. The van der Waals surface area contributed by atoms with Crippen LogP contribution >= 0.6 is 11.3 Å². The molecule has 0 bridgehead atoms. The van der Waals surface area contributed by atoms with Crippen LogP contribution < -0.4 is 5.32 Å². The van der Waals surface area contributed by atoms with Crippen molar-refractivity contribution in [3.05, 3.63) is 83.4 Å². The molecule has 0 radical (unpaired) electrons. The molecule has 30 heavy (non-hydrogen) atoms. The third kappa shape index (κ3) is 4.72. The Bertz CT molecular complexity index is 1180. The Balaban J connectivity index is 1.42. The summed E-state index contributed by atoms with van der Waals surface area (Å²) in [5.41, 5.74) is 4.70. The number of hydrogen-bond acceptors (Lipinski definition) is 5. The van der Waals surface area contributed by atoms with E-state index in [1.807, 2.05) is 24.3 Å². The number of thiazole rings is 1. The summed E-state index contributed by atoms with van der Waals surface area (Å²) in [4.78, 5) is 28.4. The third-order valence-corrected chi connectivity index (χ3v) is 5.68. The van der Waals surface area contributed by atoms with Crippen LogP contribution in [0.1, 0.15) is 10.6 Å². The highest BCUT2D eigenvalue weighted by Crippen LogP contribution is 2.28. The molecule has 1 amide bonds. The Hall–Kier alpha value is -3.51. The maximum atomic E-state index is 12.4. The molecule has 0 saturated carbocycles. The molecule has 4 aromatic rings. The van der Waals surface area contributed by atoms with Gasteiger partial charge in [0.15, 0.2) is 0 Å². The van der Waals surface area contributed by atoms with Crippen LogP contribution in [-0.2, 0) is 27.2 Å². The summed E-state index contributed by atoms with van der Waals surface area (Å²) < 4.78 is 5.72. The van der Waals surface area contributed by atoms with Crippen LogP contribution in [0.2, 0.25) is 0 Å². The normalized spacial score (nSPS) is 10.7. The number of rotatable bonds is 6. The Morgan fingerprint density at radius 2 is 1.70 bits per heavy atom. The molecule has 1 heterocycles. The summed E-state index contributed by atoms with van der Waals surface area (Å²) in [6, 6.07) is 23.5. The van der Waals surface area contributed by atoms with Gasteiger partial charge in [-0.1, -0.05) is 48.5 Å². The second-order valence-corrected chi connectivity index (χ2v) is 7.95. The lowest BCUT2D eigenvalue weighted by Gasteiger charge is -2.05. The maximum absolute atomic E-state index is 12.4. The fourth-order valence-electron chi connectivity index (χ4n) is 3.15. The van der Waals surface area contributed by atoms with Crippen LogP contribution in [0.3, 0.4) is 0 Å². The van der Waals surface area contributed by atoms with E-state index in [2.05, 4.69) is 39.3 Å². The van der Waals surface area contributed by atoms with Gasteiger partial charge >= 0.3 is 5.97 Å². The molecule has 1 N–H and O–H groups in total. The topological polar surface area (TPSA) is 68.3 Å². The number of nitrogens with one attached hydrogen (secondary N) is 1. The van der Waals surface area contributed by atoms with E-state index in [1.54, 1.807) is 24.3 Å². The van der Waals surface area contributed by atoms with Gasteiger partial charge in [0.1, 0.15) is 5.01 Å². The molecule has 0 aliphatic rings. The van der Waals surface area contributed by atoms with E-state index in [-0.39, 0.29) is 24.7 Å². The van der Waals surface area contributed by atoms with Crippen LogP contribution in [0.15, 0.2) is 72.8 Å². The number of carbonyl (C=O) groups is 2. The Morgan fingerprint density at radius 1 is 0.933 bits per heavy atom. The highest BCUT2D eigenvalue weighted by atomic mass is 32.1. The van der Waals surface area contributed by atoms with Crippen LogP contribution in [0.25, 0.3) is 21.3 Å². The molecule has 4 rings (SSSR count). The van der Waals surface area contributed by atoms with Crippen molar-refractivity contribution in [2.75, 3.05) is 12.4 Å². The van der Waals surface area contributed by atoms with Crippen molar-refractivity contribution in [3.8, 4) is 11.1 Å². The highest BCUT2D eigenvalue weighted by molar-refractivity contribution is 7.18. The Labute approximate surface area is 178 Å². The predicted molar refractivity (Wildman–Crippen MR) is 120 cm³/mol. The summed E-state index contributed by atoms with van der Waals surface area (Å²) in [5, 5.41) is 3.65. The molecule has 0 saturated heterocycles. The first-order valence-electron chi connectivity index (χ1n) is 9.51. The van der Waals surface area contributed by atoms with E-state index in [9.17, 15) is 9.59 Å². The van der Waals surface area contributed by atoms with Gasteiger partial charge in [0.2, 0.25) is 5.91 Å². The Kier molecular flexibility index (Phi) is 5.86. The molecule has 1 aromatic heterocycles. The van der Waals surface area contributed by atoms with E-state index in [1.165, 1.54) is 18.4 Å². The third-order valence-electron chi connectivity index (χ3n) is 4.67.